The monoisotopic (exact) mass is 205 g/mol. The molecule has 0 saturated carbocycles. The van der Waals surface area contributed by atoms with E-state index in [0.29, 0.717) is 5.92 Å². The molecule has 1 fully saturated rings. The first-order chi connectivity index (χ1) is 7.27. The number of hydrogen-bond donors (Lipinski definition) is 1. The number of piperidine rings is 1. The summed E-state index contributed by atoms with van der Waals surface area (Å²) in [4.78, 5) is 6.40. The second-order valence-corrected chi connectivity index (χ2v) is 4.37. The van der Waals surface area contributed by atoms with Gasteiger partial charge in [0, 0.05) is 20.3 Å². The molecular formula is C12H19N3. The standard InChI is InChI=1S/C12H19N3/c1-15(2)12-9-11(5-8-14-12)10-3-6-13-7-4-10/h5,8-10,13H,3-4,6-7H2,1-2H3. The van der Waals surface area contributed by atoms with E-state index >= 15 is 0 Å². The lowest BCUT2D eigenvalue weighted by Crippen LogP contribution is -2.26. The molecule has 2 rings (SSSR count). The van der Waals surface area contributed by atoms with Gasteiger partial charge in [-0.2, -0.15) is 0 Å². The van der Waals surface area contributed by atoms with Gasteiger partial charge in [0.25, 0.3) is 0 Å². The van der Waals surface area contributed by atoms with E-state index in [1.807, 2.05) is 20.3 Å². The Balaban J connectivity index is 2.16. The van der Waals surface area contributed by atoms with Crippen molar-refractivity contribution < 1.29 is 0 Å². The fourth-order valence-corrected chi connectivity index (χ4v) is 2.09. The van der Waals surface area contributed by atoms with Crippen LogP contribution in [0.4, 0.5) is 5.82 Å². The maximum absolute atomic E-state index is 4.34. The predicted molar refractivity (Wildman–Crippen MR) is 63.4 cm³/mol. The molecule has 3 nitrogen and oxygen atoms in total. The zero-order valence-corrected chi connectivity index (χ0v) is 9.53. The van der Waals surface area contributed by atoms with Crippen LogP contribution in [0.1, 0.15) is 24.3 Å². The highest BCUT2D eigenvalue weighted by atomic mass is 15.1. The molecule has 15 heavy (non-hydrogen) atoms. The van der Waals surface area contributed by atoms with Crippen LogP contribution in [0.5, 0.6) is 0 Å². The molecule has 3 heteroatoms. The summed E-state index contributed by atoms with van der Waals surface area (Å²) in [5.74, 6) is 1.78. The maximum Gasteiger partial charge on any atom is 0.128 e. The minimum absolute atomic E-state index is 0.716. The van der Waals surface area contributed by atoms with Crippen LogP contribution in [0.25, 0.3) is 0 Å². The summed E-state index contributed by atoms with van der Waals surface area (Å²) < 4.78 is 0. The third-order valence-corrected chi connectivity index (χ3v) is 3.04. The van der Waals surface area contributed by atoms with Crippen molar-refractivity contribution in [3.8, 4) is 0 Å². The molecule has 0 aliphatic carbocycles. The average Bonchev–Trinajstić information content (AvgIpc) is 2.30. The summed E-state index contributed by atoms with van der Waals surface area (Å²) in [6, 6.07) is 4.37. The highest BCUT2D eigenvalue weighted by molar-refractivity contribution is 5.40. The van der Waals surface area contributed by atoms with Crippen LogP contribution < -0.4 is 10.2 Å². The molecule has 2 heterocycles. The first-order valence-corrected chi connectivity index (χ1v) is 5.61. The van der Waals surface area contributed by atoms with Crippen molar-refractivity contribution in [1.29, 1.82) is 0 Å². The molecule has 82 valence electrons. The smallest absolute Gasteiger partial charge is 0.128 e. The van der Waals surface area contributed by atoms with E-state index in [4.69, 9.17) is 0 Å². The Hall–Kier alpha value is -1.09. The van der Waals surface area contributed by atoms with Crippen LogP contribution in [0.15, 0.2) is 18.3 Å². The molecule has 0 unspecified atom stereocenters. The van der Waals surface area contributed by atoms with Crippen molar-refractivity contribution in [3.63, 3.8) is 0 Å². The molecule has 0 atom stereocenters. The van der Waals surface area contributed by atoms with E-state index in [9.17, 15) is 0 Å². The van der Waals surface area contributed by atoms with Crippen molar-refractivity contribution in [2.45, 2.75) is 18.8 Å². The zero-order valence-electron chi connectivity index (χ0n) is 9.53. The van der Waals surface area contributed by atoms with Gasteiger partial charge in [0.05, 0.1) is 0 Å². The van der Waals surface area contributed by atoms with Crippen molar-refractivity contribution >= 4 is 5.82 Å². The van der Waals surface area contributed by atoms with Crippen LogP contribution in [0.3, 0.4) is 0 Å². The maximum atomic E-state index is 4.34. The van der Waals surface area contributed by atoms with Gasteiger partial charge in [0.15, 0.2) is 0 Å². The van der Waals surface area contributed by atoms with E-state index in [1.54, 1.807) is 0 Å². The average molecular weight is 205 g/mol. The minimum Gasteiger partial charge on any atom is -0.363 e. The number of nitrogens with one attached hydrogen (secondary N) is 1. The molecule has 1 aromatic rings. The van der Waals surface area contributed by atoms with Gasteiger partial charge in [-0.15, -0.1) is 0 Å². The summed E-state index contributed by atoms with van der Waals surface area (Å²) in [7, 11) is 4.07. The van der Waals surface area contributed by atoms with Crippen molar-refractivity contribution in [3.05, 3.63) is 23.9 Å². The molecule has 1 aliphatic heterocycles. The van der Waals surface area contributed by atoms with E-state index in [-0.39, 0.29) is 0 Å². The summed E-state index contributed by atoms with van der Waals surface area (Å²) in [5.41, 5.74) is 1.44. The molecule has 1 aromatic heterocycles. The van der Waals surface area contributed by atoms with Crippen LogP contribution in [0.2, 0.25) is 0 Å². The molecule has 0 radical (unpaired) electrons. The third-order valence-electron chi connectivity index (χ3n) is 3.04. The fraction of sp³-hybridized carbons (Fsp3) is 0.583. The van der Waals surface area contributed by atoms with Crippen LogP contribution in [0, 0.1) is 0 Å². The lowest BCUT2D eigenvalue weighted by Gasteiger charge is -2.23. The highest BCUT2D eigenvalue weighted by Gasteiger charge is 2.15. The molecule has 0 bridgehead atoms. The number of anilines is 1. The Morgan fingerprint density at radius 1 is 1.33 bits per heavy atom. The third kappa shape index (κ3) is 2.48. The number of pyridine rings is 1. The molecular weight excluding hydrogens is 186 g/mol. The van der Waals surface area contributed by atoms with E-state index < -0.39 is 0 Å². The van der Waals surface area contributed by atoms with Gasteiger partial charge in [-0.05, 0) is 49.5 Å². The zero-order chi connectivity index (χ0) is 10.7. The number of hydrogen-bond acceptors (Lipinski definition) is 3. The van der Waals surface area contributed by atoms with Crippen LogP contribution >= 0.6 is 0 Å². The molecule has 1 N–H and O–H groups in total. The largest absolute Gasteiger partial charge is 0.363 e. The SMILES string of the molecule is CN(C)c1cc(C2CCNCC2)ccn1. The Bertz CT molecular complexity index is 316. The molecule has 0 spiro atoms. The molecule has 1 saturated heterocycles. The van der Waals surface area contributed by atoms with Gasteiger partial charge in [0.1, 0.15) is 5.82 Å². The van der Waals surface area contributed by atoms with Gasteiger partial charge in [-0.3, -0.25) is 0 Å². The number of nitrogens with zero attached hydrogens (tertiary/aromatic N) is 2. The highest BCUT2D eigenvalue weighted by Crippen LogP contribution is 2.26. The first-order valence-electron chi connectivity index (χ1n) is 5.61. The van der Waals surface area contributed by atoms with E-state index in [2.05, 4.69) is 27.3 Å². The lowest BCUT2D eigenvalue weighted by molar-refractivity contribution is 0.460. The van der Waals surface area contributed by atoms with Crippen molar-refractivity contribution in [2.75, 3.05) is 32.1 Å². The summed E-state index contributed by atoms with van der Waals surface area (Å²) >= 11 is 0. The van der Waals surface area contributed by atoms with Gasteiger partial charge >= 0.3 is 0 Å². The second-order valence-electron chi connectivity index (χ2n) is 4.37. The van der Waals surface area contributed by atoms with E-state index in [1.165, 1.54) is 18.4 Å². The van der Waals surface area contributed by atoms with Gasteiger partial charge in [-0.1, -0.05) is 0 Å². The Morgan fingerprint density at radius 3 is 2.73 bits per heavy atom. The van der Waals surface area contributed by atoms with Crippen molar-refractivity contribution in [1.82, 2.24) is 10.3 Å². The summed E-state index contributed by atoms with van der Waals surface area (Å²) in [6.07, 6.45) is 4.42. The van der Waals surface area contributed by atoms with Crippen molar-refractivity contribution in [2.24, 2.45) is 0 Å². The predicted octanol–water partition coefficient (Wildman–Crippen LogP) is 1.61. The summed E-state index contributed by atoms with van der Waals surface area (Å²) in [6.45, 7) is 2.29. The lowest BCUT2D eigenvalue weighted by atomic mass is 9.91. The van der Waals surface area contributed by atoms with E-state index in [0.717, 1.165) is 18.9 Å². The fourth-order valence-electron chi connectivity index (χ4n) is 2.09. The van der Waals surface area contributed by atoms with Gasteiger partial charge in [-0.25, -0.2) is 4.98 Å². The first kappa shape index (κ1) is 10.4. The number of aromatic nitrogens is 1. The van der Waals surface area contributed by atoms with Gasteiger partial charge < -0.3 is 10.2 Å². The molecule has 1 aliphatic rings. The Kier molecular flexibility index (Phi) is 3.21. The van der Waals surface area contributed by atoms with Crippen LogP contribution in [-0.2, 0) is 0 Å². The minimum atomic E-state index is 0.716. The summed E-state index contributed by atoms with van der Waals surface area (Å²) in [5, 5.41) is 3.40. The Morgan fingerprint density at radius 2 is 2.07 bits per heavy atom. The Labute approximate surface area is 91.5 Å². The quantitative estimate of drug-likeness (QED) is 0.795. The number of rotatable bonds is 2. The second kappa shape index (κ2) is 4.62. The normalized spacial score (nSPS) is 17.7. The molecule has 0 amide bonds. The van der Waals surface area contributed by atoms with Crippen LogP contribution in [-0.4, -0.2) is 32.2 Å². The van der Waals surface area contributed by atoms with Gasteiger partial charge in [0.2, 0.25) is 0 Å². The molecule has 0 aromatic carbocycles. The topological polar surface area (TPSA) is 28.2 Å².